The van der Waals surface area contributed by atoms with Crippen molar-refractivity contribution >= 4 is 23.4 Å². The van der Waals surface area contributed by atoms with E-state index in [1.165, 1.54) is 0 Å². The first-order valence-electron chi connectivity index (χ1n) is 9.92. The summed E-state index contributed by atoms with van der Waals surface area (Å²) in [5, 5.41) is 3.57. The van der Waals surface area contributed by atoms with Crippen molar-refractivity contribution in [1.82, 2.24) is 10.2 Å². The molecule has 3 aromatic rings. The minimum absolute atomic E-state index is 0.0986. The van der Waals surface area contributed by atoms with E-state index in [0.717, 1.165) is 16.7 Å². The van der Waals surface area contributed by atoms with E-state index in [1.54, 1.807) is 24.0 Å². The average molecular weight is 421 g/mol. The zero-order valence-electron chi connectivity index (χ0n) is 16.9. The van der Waals surface area contributed by atoms with Crippen molar-refractivity contribution in [2.75, 3.05) is 0 Å². The molecule has 0 aromatic heterocycles. The second kappa shape index (κ2) is 10.6. The van der Waals surface area contributed by atoms with Gasteiger partial charge >= 0.3 is 0 Å². The van der Waals surface area contributed by atoms with Gasteiger partial charge in [-0.1, -0.05) is 84.4 Å². The van der Waals surface area contributed by atoms with Gasteiger partial charge in [0, 0.05) is 18.1 Å². The van der Waals surface area contributed by atoms with Crippen molar-refractivity contribution in [1.29, 1.82) is 0 Å². The highest BCUT2D eigenvalue weighted by Gasteiger charge is 2.26. The molecule has 3 rings (SSSR count). The van der Waals surface area contributed by atoms with Crippen LogP contribution in [0.4, 0.5) is 0 Å². The van der Waals surface area contributed by atoms with Crippen molar-refractivity contribution in [2.24, 2.45) is 0 Å². The van der Waals surface area contributed by atoms with Gasteiger partial charge < -0.3 is 10.2 Å². The first-order chi connectivity index (χ1) is 14.5. The lowest BCUT2D eigenvalue weighted by atomic mass is 10.1. The third-order valence-electron chi connectivity index (χ3n) is 4.94. The number of rotatable bonds is 8. The van der Waals surface area contributed by atoms with Crippen molar-refractivity contribution in [3.63, 3.8) is 0 Å². The number of amides is 2. The maximum Gasteiger partial charge on any atom is 0.242 e. The second-order valence-electron chi connectivity index (χ2n) is 7.19. The Labute approximate surface area is 182 Å². The van der Waals surface area contributed by atoms with Gasteiger partial charge in [0.15, 0.2) is 0 Å². The number of hydrogen-bond acceptors (Lipinski definition) is 2. The molecule has 0 fully saturated rings. The Hall–Kier alpha value is -3.11. The van der Waals surface area contributed by atoms with Gasteiger partial charge in [-0.05, 0) is 35.7 Å². The first kappa shape index (κ1) is 21.6. The molecule has 0 heterocycles. The van der Waals surface area contributed by atoms with Crippen LogP contribution >= 0.6 is 11.6 Å². The number of nitrogens with one attached hydrogen (secondary N) is 1. The highest BCUT2D eigenvalue weighted by Crippen LogP contribution is 2.15. The lowest BCUT2D eigenvalue weighted by Crippen LogP contribution is -2.47. The maximum absolute atomic E-state index is 13.1. The molecule has 1 N–H and O–H groups in total. The minimum atomic E-state index is -0.611. The van der Waals surface area contributed by atoms with E-state index in [-0.39, 0.29) is 18.2 Å². The SMILES string of the molecule is C[C@@H](C(=O)NCc1ccccc1)N(Cc1ccc(Cl)cc1)C(=O)Cc1ccccc1. The molecule has 0 saturated carbocycles. The zero-order chi connectivity index (χ0) is 21.3. The average Bonchev–Trinajstić information content (AvgIpc) is 2.78. The molecule has 0 aliphatic rings. The third-order valence-corrected chi connectivity index (χ3v) is 5.19. The predicted molar refractivity (Wildman–Crippen MR) is 120 cm³/mol. The Morgan fingerprint density at radius 3 is 2.00 bits per heavy atom. The van der Waals surface area contributed by atoms with Crippen LogP contribution in [0.1, 0.15) is 23.6 Å². The Kier molecular flexibility index (Phi) is 7.63. The number of carbonyl (C=O) groups is 2. The molecule has 1 atom stereocenters. The molecule has 154 valence electrons. The van der Waals surface area contributed by atoms with E-state index < -0.39 is 6.04 Å². The largest absolute Gasteiger partial charge is 0.350 e. The van der Waals surface area contributed by atoms with Crippen LogP contribution in [0.2, 0.25) is 5.02 Å². The molecule has 2 amide bonds. The Morgan fingerprint density at radius 1 is 0.833 bits per heavy atom. The van der Waals surface area contributed by atoms with E-state index in [1.807, 2.05) is 72.8 Å². The summed E-state index contributed by atoms with van der Waals surface area (Å²) >= 11 is 5.99. The number of carbonyl (C=O) groups excluding carboxylic acids is 2. The summed E-state index contributed by atoms with van der Waals surface area (Å²) in [5.41, 5.74) is 2.85. The Bertz CT molecular complexity index is 959. The van der Waals surface area contributed by atoms with E-state index in [9.17, 15) is 9.59 Å². The smallest absolute Gasteiger partial charge is 0.242 e. The van der Waals surface area contributed by atoms with Crippen molar-refractivity contribution in [3.8, 4) is 0 Å². The molecule has 0 spiro atoms. The molecule has 0 aliphatic heterocycles. The van der Waals surface area contributed by atoms with Crippen LogP contribution in [-0.4, -0.2) is 22.8 Å². The molecular formula is C25H25ClN2O2. The molecule has 5 heteroatoms. The van der Waals surface area contributed by atoms with Gasteiger partial charge in [0.2, 0.25) is 11.8 Å². The molecule has 3 aromatic carbocycles. The van der Waals surface area contributed by atoms with E-state index in [0.29, 0.717) is 18.1 Å². The summed E-state index contributed by atoms with van der Waals surface area (Å²) in [5.74, 6) is -0.285. The lowest BCUT2D eigenvalue weighted by molar-refractivity contribution is -0.140. The van der Waals surface area contributed by atoms with Crippen LogP contribution < -0.4 is 5.32 Å². The quantitative estimate of drug-likeness (QED) is 0.578. The van der Waals surface area contributed by atoms with Crippen molar-refractivity contribution in [2.45, 2.75) is 32.5 Å². The minimum Gasteiger partial charge on any atom is -0.350 e. The maximum atomic E-state index is 13.1. The predicted octanol–water partition coefficient (Wildman–Crippen LogP) is 4.62. The molecule has 0 unspecified atom stereocenters. The van der Waals surface area contributed by atoms with Gasteiger partial charge in [-0.25, -0.2) is 0 Å². The fourth-order valence-corrected chi connectivity index (χ4v) is 3.30. The van der Waals surface area contributed by atoms with E-state index >= 15 is 0 Å². The molecule has 0 aliphatic carbocycles. The normalized spacial score (nSPS) is 11.5. The van der Waals surface area contributed by atoms with E-state index in [4.69, 9.17) is 11.6 Å². The second-order valence-corrected chi connectivity index (χ2v) is 7.63. The first-order valence-corrected chi connectivity index (χ1v) is 10.3. The highest BCUT2D eigenvalue weighted by molar-refractivity contribution is 6.30. The summed E-state index contributed by atoms with van der Waals surface area (Å²) in [7, 11) is 0. The van der Waals surface area contributed by atoms with Crippen LogP contribution in [0.25, 0.3) is 0 Å². The fourth-order valence-electron chi connectivity index (χ4n) is 3.17. The van der Waals surface area contributed by atoms with Crippen LogP contribution in [0.15, 0.2) is 84.9 Å². The van der Waals surface area contributed by atoms with Crippen LogP contribution in [0.5, 0.6) is 0 Å². The molecule has 30 heavy (non-hydrogen) atoms. The fraction of sp³-hybridized carbons (Fsp3) is 0.200. The zero-order valence-corrected chi connectivity index (χ0v) is 17.7. The van der Waals surface area contributed by atoms with Gasteiger partial charge in [-0.3, -0.25) is 9.59 Å². The van der Waals surface area contributed by atoms with Crippen LogP contribution in [0, 0.1) is 0 Å². The molecule has 0 radical (unpaired) electrons. The molecule has 4 nitrogen and oxygen atoms in total. The molecule has 0 saturated heterocycles. The number of nitrogens with zero attached hydrogens (tertiary/aromatic N) is 1. The van der Waals surface area contributed by atoms with Gasteiger partial charge in [0.1, 0.15) is 6.04 Å². The third kappa shape index (κ3) is 6.19. The summed E-state index contributed by atoms with van der Waals surface area (Å²) in [6.07, 6.45) is 0.241. The number of benzene rings is 3. The van der Waals surface area contributed by atoms with Crippen LogP contribution in [0.3, 0.4) is 0 Å². The number of halogens is 1. The summed E-state index contributed by atoms with van der Waals surface area (Å²) in [4.78, 5) is 27.6. The topological polar surface area (TPSA) is 49.4 Å². The Morgan fingerprint density at radius 2 is 1.40 bits per heavy atom. The van der Waals surface area contributed by atoms with Gasteiger partial charge in [-0.2, -0.15) is 0 Å². The summed E-state index contributed by atoms with van der Waals surface area (Å²) in [6, 6.07) is 26.0. The molecule has 0 bridgehead atoms. The highest BCUT2D eigenvalue weighted by atomic mass is 35.5. The molecular weight excluding hydrogens is 396 g/mol. The van der Waals surface area contributed by atoms with Crippen LogP contribution in [-0.2, 0) is 29.1 Å². The van der Waals surface area contributed by atoms with Crippen molar-refractivity contribution in [3.05, 3.63) is 107 Å². The monoisotopic (exact) mass is 420 g/mol. The summed E-state index contributed by atoms with van der Waals surface area (Å²) in [6.45, 7) is 2.52. The van der Waals surface area contributed by atoms with Gasteiger partial charge in [-0.15, -0.1) is 0 Å². The number of hydrogen-bond donors (Lipinski definition) is 1. The van der Waals surface area contributed by atoms with E-state index in [2.05, 4.69) is 5.32 Å². The van der Waals surface area contributed by atoms with Gasteiger partial charge in [0.25, 0.3) is 0 Å². The van der Waals surface area contributed by atoms with Crippen molar-refractivity contribution < 1.29 is 9.59 Å². The summed E-state index contributed by atoms with van der Waals surface area (Å²) < 4.78 is 0. The Balaban J connectivity index is 1.73. The standard InChI is InChI=1S/C25H25ClN2O2/c1-19(25(30)27-17-21-10-6-3-7-11-21)28(18-22-12-14-23(26)15-13-22)24(29)16-20-8-4-2-5-9-20/h2-15,19H,16-18H2,1H3,(H,27,30)/t19-/m0/s1. The van der Waals surface area contributed by atoms with Gasteiger partial charge in [0.05, 0.1) is 6.42 Å². The lowest BCUT2D eigenvalue weighted by Gasteiger charge is -2.29.